The molecule has 0 amide bonds. The lowest BCUT2D eigenvalue weighted by Crippen LogP contribution is -2.19. The number of rotatable bonds is 2. The normalized spacial score (nSPS) is 19.7. The highest BCUT2D eigenvalue weighted by atomic mass is 79.9. The number of halogens is 2. The number of benzene rings is 4. The molecule has 0 saturated heterocycles. The number of para-hydroxylation sites is 2. The third-order valence-corrected chi connectivity index (χ3v) is 10.3. The Balaban J connectivity index is 1.21. The zero-order valence-corrected chi connectivity index (χ0v) is 24.3. The maximum Gasteiger partial charge on any atom is 0.0805 e. The second kappa shape index (κ2) is 7.89. The van der Waals surface area contributed by atoms with Gasteiger partial charge >= 0.3 is 0 Å². The van der Waals surface area contributed by atoms with Crippen LogP contribution in [-0.2, 0) is 0 Å². The van der Waals surface area contributed by atoms with Gasteiger partial charge in [-0.15, -0.1) is 0 Å². The molecule has 37 heavy (non-hydrogen) atoms. The predicted octanol–water partition coefficient (Wildman–Crippen LogP) is 9.45. The molecule has 2 aliphatic carbocycles. The van der Waals surface area contributed by atoms with E-state index in [1.165, 1.54) is 65.7 Å². The van der Waals surface area contributed by atoms with Gasteiger partial charge in [-0.05, 0) is 82.0 Å². The molecule has 2 aliphatic heterocycles. The van der Waals surface area contributed by atoms with Crippen LogP contribution >= 0.6 is 43.6 Å². The molecule has 4 aliphatic rings. The maximum absolute atomic E-state index is 3.64. The molecule has 5 heteroatoms. The SMILES string of the molecule is CN1c2c(Sc3cccc4c3N(C)C3C4=Cc4cc(Br)ccc43)cccc2C2=Cc3cc(Br)ccc3C21. The van der Waals surface area contributed by atoms with Crippen LogP contribution < -0.4 is 9.80 Å². The molecule has 0 bridgehead atoms. The zero-order chi connectivity index (χ0) is 25.0. The number of nitrogens with zero attached hydrogens (tertiary/aromatic N) is 2. The van der Waals surface area contributed by atoms with Crippen molar-refractivity contribution < 1.29 is 0 Å². The summed E-state index contributed by atoms with van der Waals surface area (Å²) in [5.74, 6) is 0. The van der Waals surface area contributed by atoms with Gasteiger partial charge in [0, 0.05) is 44.0 Å². The highest BCUT2D eigenvalue weighted by Crippen LogP contribution is 2.59. The van der Waals surface area contributed by atoms with Gasteiger partial charge in [0.15, 0.2) is 0 Å². The van der Waals surface area contributed by atoms with Crippen molar-refractivity contribution >= 4 is 78.3 Å². The van der Waals surface area contributed by atoms with E-state index in [4.69, 9.17) is 0 Å². The van der Waals surface area contributed by atoms with Crippen LogP contribution in [0.2, 0.25) is 0 Å². The van der Waals surface area contributed by atoms with Gasteiger partial charge in [0.1, 0.15) is 0 Å². The largest absolute Gasteiger partial charge is 0.362 e. The molecule has 2 heterocycles. The number of anilines is 2. The van der Waals surface area contributed by atoms with Crippen molar-refractivity contribution in [3.05, 3.63) is 115 Å². The minimum atomic E-state index is 0.282. The van der Waals surface area contributed by atoms with E-state index in [9.17, 15) is 0 Å². The van der Waals surface area contributed by atoms with Gasteiger partial charge in [-0.1, -0.05) is 80.0 Å². The first-order chi connectivity index (χ1) is 18.0. The molecule has 4 aromatic rings. The van der Waals surface area contributed by atoms with E-state index in [-0.39, 0.29) is 12.1 Å². The monoisotopic (exact) mass is 624 g/mol. The van der Waals surface area contributed by atoms with E-state index in [1.54, 1.807) is 0 Å². The highest BCUT2D eigenvalue weighted by molar-refractivity contribution is 9.10. The zero-order valence-electron chi connectivity index (χ0n) is 20.3. The lowest BCUT2D eigenvalue weighted by Gasteiger charge is -2.26. The van der Waals surface area contributed by atoms with E-state index in [1.807, 2.05) is 11.8 Å². The van der Waals surface area contributed by atoms with Gasteiger partial charge < -0.3 is 9.80 Å². The number of likely N-dealkylation sites (N-methyl/N-ethyl adjacent to an activating group) is 2. The second-order valence-corrected chi connectivity index (χ2v) is 13.1. The second-order valence-electron chi connectivity index (χ2n) is 10.2. The molecule has 0 radical (unpaired) electrons. The Kier molecular flexibility index (Phi) is 4.75. The molecule has 8 rings (SSSR count). The van der Waals surface area contributed by atoms with Gasteiger partial charge in [-0.25, -0.2) is 0 Å². The van der Waals surface area contributed by atoms with Crippen molar-refractivity contribution in [2.45, 2.75) is 21.9 Å². The van der Waals surface area contributed by atoms with Crippen molar-refractivity contribution in [1.29, 1.82) is 0 Å². The van der Waals surface area contributed by atoms with Crippen LogP contribution in [-0.4, -0.2) is 14.1 Å². The maximum atomic E-state index is 3.64. The Bertz CT molecular complexity index is 1610. The topological polar surface area (TPSA) is 6.48 Å². The Hall–Kier alpha value is -2.73. The summed E-state index contributed by atoms with van der Waals surface area (Å²) in [4.78, 5) is 7.57. The van der Waals surface area contributed by atoms with Crippen LogP contribution in [0.5, 0.6) is 0 Å². The molecule has 0 aromatic heterocycles. The van der Waals surface area contributed by atoms with Crippen LogP contribution in [0.3, 0.4) is 0 Å². The summed E-state index contributed by atoms with van der Waals surface area (Å²) in [6.45, 7) is 0. The number of hydrogen-bond donors (Lipinski definition) is 0. The molecular weight excluding hydrogens is 604 g/mol. The van der Waals surface area contributed by atoms with Crippen LogP contribution in [0, 0.1) is 0 Å². The lowest BCUT2D eigenvalue weighted by molar-refractivity contribution is 0.859. The Morgan fingerprint density at radius 1 is 0.622 bits per heavy atom. The molecular formula is C32H22Br2N2S. The van der Waals surface area contributed by atoms with E-state index in [2.05, 4.69) is 141 Å². The van der Waals surface area contributed by atoms with Gasteiger partial charge in [-0.3, -0.25) is 0 Å². The molecule has 4 aromatic carbocycles. The van der Waals surface area contributed by atoms with Crippen molar-refractivity contribution in [3.63, 3.8) is 0 Å². The van der Waals surface area contributed by atoms with Crippen LogP contribution in [0.25, 0.3) is 23.3 Å². The first-order valence-corrected chi connectivity index (χ1v) is 14.8. The van der Waals surface area contributed by atoms with Gasteiger partial charge in [0.2, 0.25) is 0 Å². The first-order valence-electron chi connectivity index (χ1n) is 12.4. The predicted molar refractivity (Wildman–Crippen MR) is 163 cm³/mol. The third kappa shape index (κ3) is 3.05. The number of hydrogen-bond acceptors (Lipinski definition) is 3. The summed E-state index contributed by atoms with van der Waals surface area (Å²) in [5.41, 5.74) is 13.6. The van der Waals surface area contributed by atoms with Crippen molar-refractivity contribution in [2.75, 3.05) is 23.9 Å². The number of fused-ring (bicyclic) bond motifs is 10. The van der Waals surface area contributed by atoms with Crippen LogP contribution in [0.1, 0.15) is 45.5 Å². The van der Waals surface area contributed by atoms with E-state index < -0.39 is 0 Å². The van der Waals surface area contributed by atoms with Gasteiger partial charge in [0.05, 0.1) is 23.5 Å². The lowest BCUT2D eigenvalue weighted by atomic mass is 10.0. The summed E-state index contributed by atoms with van der Waals surface area (Å²) < 4.78 is 2.26. The molecule has 2 unspecified atom stereocenters. The molecule has 2 nitrogen and oxygen atoms in total. The van der Waals surface area contributed by atoms with E-state index >= 15 is 0 Å². The van der Waals surface area contributed by atoms with E-state index in [0.717, 1.165) is 8.95 Å². The quantitative estimate of drug-likeness (QED) is 0.219. The van der Waals surface area contributed by atoms with Crippen LogP contribution in [0.4, 0.5) is 11.4 Å². The smallest absolute Gasteiger partial charge is 0.0805 e. The highest BCUT2D eigenvalue weighted by Gasteiger charge is 2.41. The van der Waals surface area contributed by atoms with Gasteiger partial charge in [-0.2, -0.15) is 0 Å². The molecule has 180 valence electrons. The summed E-state index contributed by atoms with van der Waals surface area (Å²) in [6, 6.07) is 27.5. The summed E-state index contributed by atoms with van der Waals surface area (Å²) in [6.07, 6.45) is 4.75. The minimum Gasteiger partial charge on any atom is -0.362 e. The molecule has 0 N–H and O–H groups in total. The first kappa shape index (κ1) is 22.3. The van der Waals surface area contributed by atoms with Crippen molar-refractivity contribution in [1.82, 2.24) is 0 Å². The Labute approximate surface area is 237 Å². The standard InChI is InChI=1S/C32H22Br2N2S/c1-35-29-21-11-9-19(33)13-17(21)15-25(29)23-5-3-7-27(31(23)35)37-28-8-4-6-24-26-16-18-14-20(34)10-12-22(18)30(26)36(2)32(24)28/h3-16,29-30H,1-2H3. The molecule has 0 spiro atoms. The minimum absolute atomic E-state index is 0.282. The van der Waals surface area contributed by atoms with Crippen molar-refractivity contribution in [2.24, 2.45) is 0 Å². The Morgan fingerprint density at radius 3 is 1.54 bits per heavy atom. The summed E-state index contributed by atoms with van der Waals surface area (Å²) in [7, 11) is 4.49. The fourth-order valence-electron chi connectivity index (χ4n) is 6.73. The molecule has 0 saturated carbocycles. The Morgan fingerprint density at radius 2 is 1.08 bits per heavy atom. The average molecular weight is 626 g/mol. The van der Waals surface area contributed by atoms with Crippen molar-refractivity contribution in [3.8, 4) is 0 Å². The fourth-order valence-corrected chi connectivity index (χ4v) is 8.72. The summed E-state index contributed by atoms with van der Waals surface area (Å²) in [5, 5.41) is 0. The van der Waals surface area contributed by atoms with Gasteiger partial charge in [0.25, 0.3) is 0 Å². The molecule has 0 fully saturated rings. The summed E-state index contributed by atoms with van der Waals surface area (Å²) >= 11 is 9.18. The van der Waals surface area contributed by atoms with E-state index in [0.29, 0.717) is 0 Å². The third-order valence-electron chi connectivity index (χ3n) is 8.22. The average Bonchev–Trinajstić information content (AvgIpc) is 3.59. The molecule has 2 atom stereocenters. The van der Waals surface area contributed by atoms with Crippen LogP contribution in [0.15, 0.2) is 91.5 Å². The fraction of sp³-hybridized carbons (Fsp3) is 0.125.